The summed E-state index contributed by atoms with van der Waals surface area (Å²) in [5.74, 6) is 0. The molecule has 0 bridgehead atoms. The molecule has 0 unspecified atom stereocenters. The molecule has 6 heteroatoms. The number of hydrogen-bond donors (Lipinski definition) is 1. The Morgan fingerprint density at radius 1 is 1.45 bits per heavy atom. The van der Waals surface area contributed by atoms with Gasteiger partial charge in [-0.05, 0) is 51.3 Å². The predicted molar refractivity (Wildman–Crippen MR) is 76.8 cm³/mol. The van der Waals surface area contributed by atoms with E-state index in [2.05, 4.69) is 17.2 Å². The Hall–Kier alpha value is -0.980. The van der Waals surface area contributed by atoms with Gasteiger partial charge in [0.15, 0.2) is 0 Å². The lowest BCUT2D eigenvalue weighted by molar-refractivity contribution is 0.0711. The second kappa shape index (κ2) is 5.09. The molecular weight excluding hydrogens is 274 g/mol. The summed E-state index contributed by atoms with van der Waals surface area (Å²) in [6.45, 7) is 3.67. The highest BCUT2D eigenvalue weighted by molar-refractivity contribution is 7.89. The Bertz CT molecular complexity index is 573. The molecule has 1 aromatic heterocycles. The molecule has 2 saturated heterocycles. The molecule has 1 aromatic rings. The fourth-order valence-corrected chi connectivity index (χ4v) is 5.38. The number of aromatic nitrogens is 1. The first-order valence-electron chi connectivity index (χ1n) is 7.21. The Morgan fingerprint density at radius 3 is 3.05 bits per heavy atom. The van der Waals surface area contributed by atoms with E-state index in [1.165, 1.54) is 6.20 Å². The minimum absolute atomic E-state index is 0.261. The predicted octanol–water partition coefficient (Wildman–Crippen LogP) is 1.38. The molecule has 110 valence electrons. The maximum atomic E-state index is 12.9. The summed E-state index contributed by atoms with van der Waals surface area (Å²) in [5, 5.41) is 3.49. The number of piperidine rings is 2. The second-order valence-corrected chi connectivity index (χ2v) is 7.74. The average molecular weight is 295 g/mol. The Kier molecular flexibility index (Phi) is 3.56. The van der Waals surface area contributed by atoms with Gasteiger partial charge in [-0.15, -0.1) is 0 Å². The molecule has 2 aliphatic heterocycles. The van der Waals surface area contributed by atoms with Crippen LogP contribution in [0.5, 0.6) is 0 Å². The van der Waals surface area contributed by atoms with Gasteiger partial charge in [0.05, 0.1) is 0 Å². The largest absolute Gasteiger partial charge is 0.312 e. The van der Waals surface area contributed by atoms with E-state index in [4.69, 9.17) is 0 Å². The van der Waals surface area contributed by atoms with Gasteiger partial charge in [0.2, 0.25) is 10.0 Å². The summed E-state index contributed by atoms with van der Waals surface area (Å²) >= 11 is 0. The van der Waals surface area contributed by atoms with Gasteiger partial charge in [-0.2, -0.15) is 4.31 Å². The minimum Gasteiger partial charge on any atom is -0.312 e. The summed E-state index contributed by atoms with van der Waals surface area (Å²) in [4.78, 5) is 4.25. The molecule has 2 aliphatic rings. The van der Waals surface area contributed by atoms with Gasteiger partial charge >= 0.3 is 0 Å². The summed E-state index contributed by atoms with van der Waals surface area (Å²) < 4.78 is 27.5. The van der Waals surface area contributed by atoms with Crippen molar-refractivity contribution in [3.63, 3.8) is 0 Å². The van der Waals surface area contributed by atoms with Gasteiger partial charge in [0, 0.05) is 30.5 Å². The molecule has 2 fully saturated rings. The van der Waals surface area contributed by atoms with Crippen LogP contribution in [0, 0.1) is 0 Å². The first-order valence-corrected chi connectivity index (χ1v) is 8.65. The first-order chi connectivity index (χ1) is 9.55. The number of fused-ring (bicyclic) bond motifs is 1. The molecule has 2 atom stereocenters. The molecule has 1 N–H and O–H groups in total. The van der Waals surface area contributed by atoms with Gasteiger partial charge in [-0.1, -0.05) is 0 Å². The van der Waals surface area contributed by atoms with E-state index < -0.39 is 10.0 Å². The van der Waals surface area contributed by atoms with Gasteiger partial charge in [0.25, 0.3) is 0 Å². The smallest absolute Gasteiger partial charge is 0.245 e. The highest BCUT2D eigenvalue weighted by atomic mass is 32.2. The van der Waals surface area contributed by atoms with Gasteiger partial charge < -0.3 is 5.32 Å². The normalized spacial score (nSPS) is 31.8. The lowest BCUT2D eigenvalue weighted by Gasteiger charge is -2.51. The molecule has 3 heterocycles. The van der Waals surface area contributed by atoms with Gasteiger partial charge in [-0.3, -0.25) is 4.98 Å². The third-order valence-electron chi connectivity index (χ3n) is 4.65. The third-order valence-corrected chi connectivity index (χ3v) is 6.66. The van der Waals surface area contributed by atoms with Crippen molar-refractivity contribution in [2.24, 2.45) is 0 Å². The highest BCUT2D eigenvalue weighted by Gasteiger charge is 2.49. The zero-order valence-electron chi connectivity index (χ0n) is 11.7. The SMILES string of the molecule is C[C@]12CCCN[C@@H]1CCCN2S(=O)(=O)c1cccnc1. The maximum absolute atomic E-state index is 12.9. The van der Waals surface area contributed by atoms with Gasteiger partial charge in [-0.25, -0.2) is 8.42 Å². The standard InChI is InChI=1S/C14H21N3O2S/c1-14-7-4-9-16-13(14)6-3-10-17(14)20(18,19)12-5-2-8-15-11-12/h2,5,8,11,13,16H,3-4,6-7,9-10H2,1H3/t13-,14+/m1/s1. The number of pyridine rings is 1. The number of rotatable bonds is 2. The number of hydrogen-bond acceptors (Lipinski definition) is 4. The van der Waals surface area contributed by atoms with Crippen molar-refractivity contribution in [1.29, 1.82) is 0 Å². The first kappa shape index (κ1) is 14.0. The van der Waals surface area contributed by atoms with Crippen molar-refractivity contribution in [3.8, 4) is 0 Å². The topological polar surface area (TPSA) is 62.3 Å². The zero-order chi connectivity index (χ0) is 14.2. The molecule has 0 spiro atoms. The maximum Gasteiger partial charge on any atom is 0.245 e. The van der Waals surface area contributed by atoms with Crippen molar-refractivity contribution in [3.05, 3.63) is 24.5 Å². The zero-order valence-corrected chi connectivity index (χ0v) is 12.6. The van der Waals surface area contributed by atoms with Crippen molar-refractivity contribution >= 4 is 10.0 Å². The number of nitrogens with zero attached hydrogens (tertiary/aromatic N) is 2. The molecule has 0 amide bonds. The van der Waals surface area contributed by atoms with Crippen molar-refractivity contribution in [2.75, 3.05) is 13.1 Å². The summed E-state index contributed by atoms with van der Waals surface area (Å²) in [6.07, 6.45) is 6.94. The minimum atomic E-state index is -3.46. The van der Waals surface area contributed by atoms with Crippen LogP contribution < -0.4 is 5.32 Å². The monoisotopic (exact) mass is 295 g/mol. The summed E-state index contributed by atoms with van der Waals surface area (Å²) in [6, 6.07) is 3.57. The van der Waals surface area contributed by atoms with Crippen LogP contribution in [0.1, 0.15) is 32.6 Å². The lowest BCUT2D eigenvalue weighted by atomic mass is 9.79. The summed E-state index contributed by atoms with van der Waals surface area (Å²) in [7, 11) is -3.46. The van der Waals surface area contributed by atoms with Crippen LogP contribution in [0.25, 0.3) is 0 Å². The molecule has 0 aliphatic carbocycles. The van der Waals surface area contributed by atoms with Crippen LogP contribution in [-0.4, -0.2) is 42.4 Å². The van der Waals surface area contributed by atoms with Crippen LogP contribution in [-0.2, 0) is 10.0 Å². The van der Waals surface area contributed by atoms with E-state index in [0.717, 1.165) is 32.2 Å². The molecule has 0 aromatic carbocycles. The van der Waals surface area contributed by atoms with E-state index in [0.29, 0.717) is 11.4 Å². The van der Waals surface area contributed by atoms with E-state index in [9.17, 15) is 8.42 Å². The Balaban J connectivity index is 2.00. The van der Waals surface area contributed by atoms with Crippen molar-refractivity contribution in [2.45, 2.75) is 49.1 Å². The van der Waals surface area contributed by atoms with E-state index in [1.54, 1.807) is 22.6 Å². The number of sulfonamides is 1. The molecule has 0 saturated carbocycles. The highest BCUT2D eigenvalue weighted by Crippen LogP contribution is 2.38. The lowest BCUT2D eigenvalue weighted by Crippen LogP contribution is -2.66. The number of nitrogens with one attached hydrogen (secondary N) is 1. The third kappa shape index (κ3) is 2.16. The van der Waals surface area contributed by atoms with Gasteiger partial charge in [0.1, 0.15) is 4.90 Å². The fourth-order valence-electron chi connectivity index (χ4n) is 3.54. The van der Waals surface area contributed by atoms with Crippen molar-refractivity contribution < 1.29 is 8.42 Å². The van der Waals surface area contributed by atoms with E-state index in [-0.39, 0.29) is 11.6 Å². The Labute approximate surface area is 120 Å². The molecule has 0 radical (unpaired) electrons. The molecule has 5 nitrogen and oxygen atoms in total. The quantitative estimate of drug-likeness (QED) is 0.895. The van der Waals surface area contributed by atoms with Crippen LogP contribution >= 0.6 is 0 Å². The fraction of sp³-hybridized carbons (Fsp3) is 0.643. The molecule has 20 heavy (non-hydrogen) atoms. The van der Waals surface area contributed by atoms with Crippen molar-refractivity contribution in [1.82, 2.24) is 14.6 Å². The van der Waals surface area contributed by atoms with E-state index in [1.807, 2.05) is 0 Å². The Morgan fingerprint density at radius 2 is 2.30 bits per heavy atom. The van der Waals surface area contributed by atoms with Crippen LogP contribution in [0.2, 0.25) is 0 Å². The average Bonchev–Trinajstić information content (AvgIpc) is 2.47. The molecular formula is C14H21N3O2S. The van der Waals surface area contributed by atoms with Crippen LogP contribution in [0.15, 0.2) is 29.4 Å². The summed E-state index contributed by atoms with van der Waals surface area (Å²) in [5.41, 5.74) is -0.314. The van der Waals surface area contributed by atoms with E-state index >= 15 is 0 Å². The molecule has 3 rings (SSSR count). The second-order valence-electron chi connectivity index (χ2n) is 5.88. The van der Waals surface area contributed by atoms with Crippen LogP contribution in [0.3, 0.4) is 0 Å². The van der Waals surface area contributed by atoms with Crippen LogP contribution in [0.4, 0.5) is 0 Å².